The predicted octanol–water partition coefficient (Wildman–Crippen LogP) is 4.45. The normalized spacial score (nSPS) is 40.1. The van der Waals surface area contributed by atoms with Crippen molar-refractivity contribution in [3.8, 4) is 0 Å². The Bertz CT molecular complexity index is 724. The van der Waals surface area contributed by atoms with Crippen molar-refractivity contribution in [3.63, 3.8) is 0 Å². The summed E-state index contributed by atoms with van der Waals surface area (Å²) in [5.74, 6) is 0.761. The number of esters is 1. The number of rotatable bonds is 7. The number of methoxy groups -OCH3 is 1. The van der Waals surface area contributed by atoms with Crippen LogP contribution < -0.4 is 0 Å². The molecule has 1 aromatic carbocycles. The highest BCUT2D eigenvalue weighted by atomic mass is 16.7. The number of benzene rings is 1. The van der Waals surface area contributed by atoms with Gasteiger partial charge in [-0.25, -0.2) is 4.79 Å². The molecule has 6 nitrogen and oxygen atoms in total. The van der Waals surface area contributed by atoms with Crippen LogP contribution >= 0.6 is 0 Å². The standard InChI is InChI=1S/C26H40O6/c1-15-17(3)24(25(27)28-7)32-26(19(15)5)30-14-22-16(2)18(4)23(20(6)31-22)29-13-21-11-9-8-10-12-21/h8-12,15-20,22-24,26H,13-14H2,1-7H3/t15-,16-,17-,18-,19?,20-,22?,23?,24?,26-/m0/s1. The molecule has 2 saturated heterocycles. The van der Waals surface area contributed by atoms with Crippen LogP contribution in [0.5, 0.6) is 0 Å². The minimum atomic E-state index is -0.602. The van der Waals surface area contributed by atoms with E-state index in [9.17, 15) is 4.79 Å². The van der Waals surface area contributed by atoms with E-state index in [1.807, 2.05) is 25.1 Å². The lowest BCUT2D eigenvalue weighted by Gasteiger charge is -2.45. The Morgan fingerprint density at radius 3 is 2.19 bits per heavy atom. The lowest BCUT2D eigenvalue weighted by atomic mass is 9.79. The van der Waals surface area contributed by atoms with E-state index in [0.29, 0.717) is 19.1 Å². The summed E-state index contributed by atoms with van der Waals surface area (Å²) >= 11 is 0. The fraction of sp³-hybridized carbons (Fsp3) is 0.731. The molecule has 4 unspecified atom stereocenters. The van der Waals surface area contributed by atoms with Crippen LogP contribution in [0.3, 0.4) is 0 Å². The molecule has 10 atom stereocenters. The third-order valence-electron chi connectivity index (χ3n) is 7.78. The van der Waals surface area contributed by atoms with Crippen molar-refractivity contribution in [2.45, 2.75) is 78.9 Å². The van der Waals surface area contributed by atoms with E-state index in [2.05, 4.69) is 46.8 Å². The van der Waals surface area contributed by atoms with Crippen LogP contribution in [0.1, 0.15) is 47.1 Å². The van der Waals surface area contributed by atoms with Crippen molar-refractivity contribution >= 4 is 5.97 Å². The maximum absolute atomic E-state index is 12.2. The number of ether oxygens (including phenoxy) is 5. The van der Waals surface area contributed by atoms with Crippen LogP contribution in [-0.2, 0) is 35.1 Å². The van der Waals surface area contributed by atoms with Gasteiger partial charge in [0, 0.05) is 5.92 Å². The zero-order valence-electron chi connectivity index (χ0n) is 20.5. The average Bonchev–Trinajstić information content (AvgIpc) is 2.80. The van der Waals surface area contributed by atoms with Crippen LogP contribution in [0.25, 0.3) is 0 Å². The SMILES string of the molecule is COC(=O)C1O[C@H](OCC2O[C@@H](C)C(OCc3ccccc3)[C@@H](C)[C@@H]2C)C(C)[C@@H](C)[C@@H]1C. The monoisotopic (exact) mass is 448 g/mol. The molecule has 3 rings (SSSR count). The lowest BCUT2D eigenvalue weighted by molar-refractivity contribution is -0.269. The van der Waals surface area contributed by atoms with Crippen molar-refractivity contribution in [2.24, 2.45) is 29.6 Å². The predicted molar refractivity (Wildman–Crippen MR) is 122 cm³/mol. The molecule has 2 fully saturated rings. The molecule has 1 aromatic rings. The summed E-state index contributed by atoms with van der Waals surface area (Å²) < 4.78 is 29.8. The van der Waals surface area contributed by atoms with Crippen molar-refractivity contribution in [1.82, 2.24) is 0 Å². The molecule has 0 N–H and O–H groups in total. The lowest BCUT2D eigenvalue weighted by Crippen LogP contribution is -2.53. The van der Waals surface area contributed by atoms with E-state index < -0.39 is 12.4 Å². The van der Waals surface area contributed by atoms with Gasteiger partial charge in [-0.15, -0.1) is 0 Å². The van der Waals surface area contributed by atoms with Gasteiger partial charge < -0.3 is 23.7 Å². The summed E-state index contributed by atoms with van der Waals surface area (Å²) in [6, 6.07) is 10.2. The topological polar surface area (TPSA) is 63.2 Å². The molecule has 0 aromatic heterocycles. The first kappa shape index (κ1) is 25.2. The first-order valence-corrected chi connectivity index (χ1v) is 11.9. The first-order chi connectivity index (χ1) is 15.2. The molecule has 0 bridgehead atoms. The van der Waals surface area contributed by atoms with E-state index >= 15 is 0 Å². The van der Waals surface area contributed by atoms with E-state index in [1.54, 1.807) is 0 Å². The maximum atomic E-state index is 12.2. The van der Waals surface area contributed by atoms with Crippen LogP contribution in [0.4, 0.5) is 0 Å². The molecule has 2 heterocycles. The zero-order chi connectivity index (χ0) is 23.4. The highest BCUT2D eigenvalue weighted by molar-refractivity contribution is 5.75. The van der Waals surface area contributed by atoms with Gasteiger partial charge >= 0.3 is 5.97 Å². The quantitative estimate of drug-likeness (QED) is 0.574. The maximum Gasteiger partial charge on any atom is 0.335 e. The van der Waals surface area contributed by atoms with E-state index in [-0.39, 0.29) is 48.0 Å². The van der Waals surface area contributed by atoms with Gasteiger partial charge in [-0.05, 0) is 36.2 Å². The Hall–Kier alpha value is -1.47. The number of carbonyl (C=O) groups is 1. The molecule has 32 heavy (non-hydrogen) atoms. The molecular formula is C26H40O6. The van der Waals surface area contributed by atoms with E-state index in [4.69, 9.17) is 23.7 Å². The van der Waals surface area contributed by atoms with Gasteiger partial charge in [0.25, 0.3) is 0 Å². The van der Waals surface area contributed by atoms with Gasteiger partial charge in [-0.2, -0.15) is 0 Å². The van der Waals surface area contributed by atoms with Crippen molar-refractivity contribution in [1.29, 1.82) is 0 Å². The summed E-state index contributed by atoms with van der Waals surface area (Å²) in [5.41, 5.74) is 1.16. The van der Waals surface area contributed by atoms with Crippen molar-refractivity contribution in [3.05, 3.63) is 35.9 Å². The zero-order valence-corrected chi connectivity index (χ0v) is 20.5. The summed E-state index contributed by atoms with van der Waals surface area (Å²) in [4.78, 5) is 12.2. The summed E-state index contributed by atoms with van der Waals surface area (Å²) in [5, 5.41) is 0. The Morgan fingerprint density at radius 2 is 1.53 bits per heavy atom. The van der Waals surface area contributed by atoms with E-state index in [0.717, 1.165) is 5.56 Å². The van der Waals surface area contributed by atoms with Crippen LogP contribution in [0.2, 0.25) is 0 Å². The molecule has 2 aliphatic rings. The van der Waals surface area contributed by atoms with Gasteiger partial charge in [0.1, 0.15) is 0 Å². The largest absolute Gasteiger partial charge is 0.467 e. The number of hydrogen-bond acceptors (Lipinski definition) is 6. The molecule has 0 saturated carbocycles. The Labute approximate surface area is 192 Å². The molecule has 0 amide bonds. The minimum absolute atomic E-state index is 0.0240. The summed E-state index contributed by atoms with van der Waals surface area (Å²) in [6.07, 6.45) is -1.13. The third kappa shape index (κ3) is 5.53. The summed E-state index contributed by atoms with van der Waals surface area (Å²) in [7, 11) is 1.40. The fourth-order valence-electron chi connectivity index (χ4n) is 4.95. The summed E-state index contributed by atoms with van der Waals surface area (Å²) in [6.45, 7) is 13.8. The van der Waals surface area contributed by atoms with Crippen LogP contribution in [0, 0.1) is 29.6 Å². The average molecular weight is 449 g/mol. The smallest absolute Gasteiger partial charge is 0.335 e. The van der Waals surface area contributed by atoms with Crippen molar-refractivity contribution < 1.29 is 28.5 Å². The second-order valence-electron chi connectivity index (χ2n) is 9.72. The molecule has 180 valence electrons. The number of hydrogen-bond donors (Lipinski definition) is 0. The fourth-order valence-corrected chi connectivity index (χ4v) is 4.95. The van der Waals surface area contributed by atoms with E-state index in [1.165, 1.54) is 7.11 Å². The number of carbonyl (C=O) groups excluding carboxylic acids is 1. The first-order valence-electron chi connectivity index (χ1n) is 11.9. The van der Waals surface area contributed by atoms with Gasteiger partial charge in [-0.3, -0.25) is 0 Å². The molecule has 0 radical (unpaired) electrons. The second kappa shape index (κ2) is 11.1. The van der Waals surface area contributed by atoms with Gasteiger partial charge in [0.15, 0.2) is 12.4 Å². The highest BCUT2D eigenvalue weighted by Gasteiger charge is 2.45. The molecule has 6 heteroatoms. The van der Waals surface area contributed by atoms with Crippen LogP contribution in [-0.4, -0.2) is 50.4 Å². The molecule has 0 spiro atoms. The van der Waals surface area contributed by atoms with Crippen molar-refractivity contribution in [2.75, 3.05) is 13.7 Å². The van der Waals surface area contributed by atoms with Gasteiger partial charge in [0.2, 0.25) is 0 Å². The minimum Gasteiger partial charge on any atom is -0.467 e. The Morgan fingerprint density at radius 1 is 0.844 bits per heavy atom. The van der Waals surface area contributed by atoms with Gasteiger partial charge in [-0.1, -0.05) is 65.0 Å². The highest BCUT2D eigenvalue weighted by Crippen LogP contribution is 2.37. The third-order valence-corrected chi connectivity index (χ3v) is 7.78. The molecular weight excluding hydrogens is 408 g/mol. The Kier molecular flexibility index (Phi) is 8.73. The second-order valence-corrected chi connectivity index (χ2v) is 9.72. The van der Waals surface area contributed by atoms with Gasteiger partial charge in [0.05, 0.1) is 38.6 Å². The molecule has 2 aliphatic heterocycles. The Balaban J connectivity index is 1.57. The molecule has 0 aliphatic carbocycles. The van der Waals surface area contributed by atoms with Crippen LogP contribution in [0.15, 0.2) is 30.3 Å².